The Labute approximate surface area is 193 Å². The van der Waals surface area contributed by atoms with Crippen LogP contribution in [0, 0.1) is 33.5 Å². The van der Waals surface area contributed by atoms with Gasteiger partial charge in [-0.15, -0.1) is 0 Å². The van der Waals surface area contributed by atoms with Crippen molar-refractivity contribution in [3.8, 4) is 0 Å². The lowest BCUT2D eigenvalue weighted by atomic mass is 9.70. The van der Waals surface area contributed by atoms with E-state index in [4.69, 9.17) is 9.47 Å². The number of esters is 2. The van der Waals surface area contributed by atoms with Crippen LogP contribution in [-0.2, 0) is 19.1 Å². The highest BCUT2D eigenvalue weighted by atomic mass is 32.2. The third kappa shape index (κ3) is 3.65. The quantitative estimate of drug-likeness (QED) is 0.334. The normalized spacial score (nSPS) is 41.5. The van der Waals surface area contributed by atoms with Crippen molar-refractivity contribution in [3.05, 3.63) is 0 Å². The van der Waals surface area contributed by atoms with Gasteiger partial charge in [-0.1, -0.05) is 41.5 Å². The molecule has 4 fully saturated rings. The topological polar surface area (TPSA) is 52.6 Å². The van der Waals surface area contributed by atoms with Gasteiger partial charge in [0.1, 0.15) is 12.2 Å². The van der Waals surface area contributed by atoms with E-state index in [0.717, 1.165) is 25.7 Å². The molecule has 4 bridgehead atoms. The first-order chi connectivity index (χ1) is 14.4. The fourth-order valence-corrected chi connectivity index (χ4v) is 8.29. The van der Waals surface area contributed by atoms with Crippen molar-refractivity contribution in [1.82, 2.24) is 0 Å². The van der Waals surface area contributed by atoms with E-state index in [9.17, 15) is 9.59 Å². The van der Waals surface area contributed by atoms with E-state index in [1.807, 2.05) is 0 Å². The highest BCUT2D eigenvalue weighted by Gasteiger charge is 2.63. The maximum absolute atomic E-state index is 12.4. The monoisotopic (exact) mass is 450 g/mol. The van der Waals surface area contributed by atoms with E-state index in [2.05, 4.69) is 41.5 Å². The summed E-state index contributed by atoms with van der Waals surface area (Å²) in [5, 5.41) is 0. The molecule has 0 aromatic heterocycles. The molecule has 0 aromatic carbocycles. The zero-order valence-electron chi connectivity index (χ0n) is 20.4. The highest BCUT2D eigenvalue weighted by molar-refractivity contribution is 7.99. The third-order valence-electron chi connectivity index (χ3n) is 10.9. The van der Waals surface area contributed by atoms with Gasteiger partial charge in [0.15, 0.2) is 0 Å². The fraction of sp³-hybridized carbons (Fsp3) is 0.923. The number of ether oxygens (including phenoxy) is 2. The van der Waals surface area contributed by atoms with Crippen molar-refractivity contribution in [3.63, 3.8) is 0 Å². The van der Waals surface area contributed by atoms with Crippen molar-refractivity contribution in [2.24, 2.45) is 33.5 Å². The number of carbonyl (C=O) groups excluding carboxylic acids is 2. The minimum atomic E-state index is -0.0817. The molecule has 0 spiro atoms. The molecule has 5 heteroatoms. The predicted molar refractivity (Wildman–Crippen MR) is 125 cm³/mol. The number of fused-ring (bicyclic) bond motifs is 4. The molecule has 4 nitrogen and oxygen atoms in total. The van der Waals surface area contributed by atoms with E-state index < -0.39 is 0 Å². The summed E-state index contributed by atoms with van der Waals surface area (Å²) >= 11 is 1.65. The maximum atomic E-state index is 12.4. The Morgan fingerprint density at radius 2 is 1.13 bits per heavy atom. The van der Waals surface area contributed by atoms with Gasteiger partial charge < -0.3 is 9.47 Å². The summed E-state index contributed by atoms with van der Waals surface area (Å²) in [5.41, 5.74) is 0.764. The van der Waals surface area contributed by atoms with E-state index in [-0.39, 0.29) is 45.8 Å². The van der Waals surface area contributed by atoms with Crippen LogP contribution in [0.1, 0.15) is 92.9 Å². The molecule has 0 aromatic rings. The van der Waals surface area contributed by atoms with Gasteiger partial charge in [0, 0.05) is 22.3 Å². The summed E-state index contributed by atoms with van der Waals surface area (Å²) in [7, 11) is 0. The summed E-state index contributed by atoms with van der Waals surface area (Å²) < 4.78 is 11.8. The van der Waals surface area contributed by atoms with Crippen LogP contribution in [0.5, 0.6) is 0 Å². The Balaban J connectivity index is 1.12. The molecule has 0 amide bonds. The zero-order valence-corrected chi connectivity index (χ0v) is 21.2. The first-order valence-electron chi connectivity index (χ1n) is 12.4. The number of rotatable bonds is 8. The van der Waals surface area contributed by atoms with Gasteiger partial charge in [0.05, 0.1) is 12.8 Å². The fourth-order valence-electron chi connectivity index (χ4n) is 7.47. The molecule has 4 aliphatic rings. The molecule has 0 saturated heterocycles. The van der Waals surface area contributed by atoms with Gasteiger partial charge in [-0.25, -0.2) is 0 Å². The predicted octanol–water partition coefficient (Wildman–Crippen LogP) is 6.02. The van der Waals surface area contributed by atoms with Crippen LogP contribution >= 0.6 is 11.8 Å². The zero-order chi connectivity index (χ0) is 22.7. The van der Waals surface area contributed by atoms with E-state index in [0.29, 0.717) is 36.2 Å². The lowest BCUT2D eigenvalue weighted by Gasteiger charge is -2.38. The minimum Gasteiger partial charge on any atom is -0.462 e. The van der Waals surface area contributed by atoms with Crippen molar-refractivity contribution < 1.29 is 19.1 Å². The molecule has 4 aliphatic carbocycles. The lowest BCUT2D eigenvalue weighted by Crippen LogP contribution is -2.38. The number of hydrogen-bond donors (Lipinski definition) is 0. The maximum Gasteiger partial charge on any atom is 0.306 e. The van der Waals surface area contributed by atoms with E-state index >= 15 is 0 Å². The first kappa shape index (κ1) is 23.4. The highest BCUT2D eigenvalue weighted by Crippen LogP contribution is 2.67. The second-order valence-corrected chi connectivity index (χ2v) is 13.5. The van der Waals surface area contributed by atoms with Crippen LogP contribution < -0.4 is 0 Å². The molecule has 0 heterocycles. The Kier molecular flexibility index (Phi) is 6.02. The van der Waals surface area contributed by atoms with Crippen LogP contribution in [0.2, 0.25) is 0 Å². The SMILES string of the molecule is CC1(C)C2CCC1(C)C(OC(=O)CCSCCC(=O)OC1CC3CCC1(C)C3(C)C)C2. The summed E-state index contributed by atoms with van der Waals surface area (Å²) in [6, 6.07) is 0. The standard InChI is InChI=1S/C26H42O4S/c1-23(2)17-7-11-25(23,5)19(15-17)29-21(27)9-13-31-14-10-22(28)30-20-16-18-8-12-26(20,6)24(18,3)4/h17-20H,7-16H2,1-6H3. The van der Waals surface area contributed by atoms with Crippen LogP contribution in [0.4, 0.5) is 0 Å². The first-order valence-corrected chi connectivity index (χ1v) is 13.5. The van der Waals surface area contributed by atoms with Gasteiger partial charge in [-0.2, -0.15) is 11.8 Å². The van der Waals surface area contributed by atoms with Crippen molar-refractivity contribution in [2.45, 2.75) is 105 Å². The lowest BCUT2D eigenvalue weighted by molar-refractivity contribution is -0.157. The third-order valence-corrected chi connectivity index (χ3v) is 11.9. The van der Waals surface area contributed by atoms with Gasteiger partial charge in [0.25, 0.3) is 0 Å². The Hall–Kier alpha value is -0.710. The summed E-state index contributed by atoms with van der Waals surface area (Å²) in [5.74, 6) is 2.61. The molecule has 6 atom stereocenters. The molecule has 176 valence electrons. The molecule has 0 N–H and O–H groups in total. The summed E-state index contributed by atoms with van der Waals surface area (Å²) in [4.78, 5) is 24.8. The van der Waals surface area contributed by atoms with Crippen LogP contribution in [0.15, 0.2) is 0 Å². The van der Waals surface area contributed by atoms with Crippen molar-refractivity contribution >= 4 is 23.7 Å². The second-order valence-electron chi connectivity index (χ2n) is 12.3. The summed E-state index contributed by atoms with van der Waals surface area (Å²) in [6.07, 6.45) is 7.89. The van der Waals surface area contributed by atoms with Crippen LogP contribution in [0.25, 0.3) is 0 Å². The van der Waals surface area contributed by atoms with E-state index in [1.54, 1.807) is 11.8 Å². The molecule has 4 rings (SSSR count). The average Bonchev–Trinajstić information content (AvgIpc) is 3.19. The van der Waals surface area contributed by atoms with Crippen LogP contribution in [-0.4, -0.2) is 35.7 Å². The van der Waals surface area contributed by atoms with Crippen molar-refractivity contribution in [2.75, 3.05) is 11.5 Å². The smallest absolute Gasteiger partial charge is 0.306 e. The van der Waals surface area contributed by atoms with Gasteiger partial charge in [-0.3, -0.25) is 9.59 Å². The van der Waals surface area contributed by atoms with Crippen LogP contribution in [0.3, 0.4) is 0 Å². The molecule has 6 unspecified atom stereocenters. The Bertz CT molecular complexity index is 671. The number of carbonyl (C=O) groups is 2. The van der Waals surface area contributed by atoms with Crippen molar-refractivity contribution in [1.29, 1.82) is 0 Å². The average molecular weight is 451 g/mol. The Morgan fingerprint density at radius 3 is 1.42 bits per heavy atom. The molecule has 0 aliphatic heterocycles. The van der Waals surface area contributed by atoms with Gasteiger partial charge in [0.2, 0.25) is 0 Å². The number of hydrogen-bond acceptors (Lipinski definition) is 5. The molecule has 4 saturated carbocycles. The minimum absolute atomic E-state index is 0.0705. The number of thioether (sulfide) groups is 1. The van der Waals surface area contributed by atoms with Gasteiger partial charge >= 0.3 is 11.9 Å². The second kappa shape index (κ2) is 7.95. The van der Waals surface area contributed by atoms with Gasteiger partial charge in [-0.05, 0) is 61.2 Å². The Morgan fingerprint density at radius 1 is 0.742 bits per heavy atom. The summed E-state index contributed by atoms with van der Waals surface area (Å²) in [6.45, 7) is 14.0. The molecule has 31 heavy (non-hydrogen) atoms. The molecule has 0 radical (unpaired) electrons. The molecular weight excluding hydrogens is 408 g/mol. The largest absolute Gasteiger partial charge is 0.462 e. The molecular formula is C26H42O4S. The van der Waals surface area contributed by atoms with E-state index in [1.165, 1.54) is 12.8 Å².